The Morgan fingerprint density at radius 2 is 1.90 bits per heavy atom. The molecule has 0 saturated carbocycles. The van der Waals surface area contributed by atoms with Gasteiger partial charge in [-0.25, -0.2) is 0 Å². The van der Waals surface area contributed by atoms with E-state index in [0.29, 0.717) is 11.7 Å². The van der Waals surface area contributed by atoms with E-state index in [1.807, 2.05) is 42.6 Å². The van der Waals surface area contributed by atoms with Crippen LogP contribution in [0.4, 0.5) is 0 Å². The van der Waals surface area contributed by atoms with Gasteiger partial charge < -0.3 is 9.51 Å². The number of aromatic nitrogens is 4. The SMILES string of the molecule is c1cc(-c2nc(-c3ccncc3)no2)c2cc[nH]c2c1. The van der Waals surface area contributed by atoms with Gasteiger partial charge in [-0.1, -0.05) is 11.2 Å². The van der Waals surface area contributed by atoms with Crippen molar-refractivity contribution in [2.75, 3.05) is 0 Å². The number of benzene rings is 1. The molecule has 96 valence electrons. The monoisotopic (exact) mass is 262 g/mol. The zero-order chi connectivity index (χ0) is 13.4. The smallest absolute Gasteiger partial charge is 0.258 e. The maximum absolute atomic E-state index is 5.39. The quantitative estimate of drug-likeness (QED) is 0.602. The molecule has 0 radical (unpaired) electrons. The largest absolute Gasteiger partial charge is 0.361 e. The number of hydrogen-bond donors (Lipinski definition) is 1. The third-order valence-corrected chi connectivity index (χ3v) is 3.19. The average molecular weight is 262 g/mol. The Hall–Kier alpha value is -2.95. The van der Waals surface area contributed by atoms with E-state index in [1.54, 1.807) is 12.4 Å². The van der Waals surface area contributed by atoms with Gasteiger partial charge in [-0.15, -0.1) is 0 Å². The fourth-order valence-corrected chi connectivity index (χ4v) is 2.22. The molecule has 1 aromatic carbocycles. The summed E-state index contributed by atoms with van der Waals surface area (Å²) in [5, 5.41) is 5.10. The molecule has 0 saturated heterocycles. The van der Waals surface area contributed by atoms with Crippen LogP contribution in [0.3, 0.4) is 0 Å². The molecule has 1 N–H and O–H groups in total. The molecular weight excluding hydrogens is 252 g/mol. The summed E-state index contributed by atoms with van der Waals surface area (Å²) in [4.78, 5) is 11.6. The van der Waals surface area contributed by atoms with Gasteiger partial charge in [0.15, 0.2) is 0 Å². The van der Waals surface area contributed by atoms with Gasteiger partial charge in [-0.3, -0.25) is 4.98 Å². The van der Waals surface area contributed by atoms with Crippen molar-refractivity contribution in [2.45, 2.75) is 0 Å². The second-order valence-corrected chi connectivity index (χ2v) is 4.40. The number of aromatic amines is 1. The van der Waals surface area contributed by atoms with Crippen molar-refractivity contribution >= 4 is 10.9 Å². The third kappa shape index (κ3) is 1.68. The van der Waals surface area contributed by atoms with Gasteiger partial charge in [0, 0.05) is 40.6 Å². The Bertz CT molecular complexity index is 864. The molecule has 0 spiro atoms. The van der Waals surface area contributed by atoms with Crippen LogP contribution in [0, 0.1) is 0 Å². The predicted octanol–water partition coefficient (Wildman–Crippen LogP) is 3.28. The Kier molecular flexibility index (Phi) is 2.35. The Morgan fingerprint density at radius 3 is 2.80 bits per heavy atom. The highest BCUT2D eigenvalue weighted by Gasteiger charge is 2.13. The molecule has 0 fully saturated rings. The molecule has 5 nitrogen and oxygen atoms in total. The van der Waals surface area contributed by atoms with Crippen LogP contribution in [0.15, 0.2) is 59.5 Å². The lowest BCUT2D eigenvalue weighted by molar-refractivity contribution is 0.432. The number of pyridine rings is 1. The molecule has 0 atom stereocenters. The molecule has 0 aliphatic carbocycles. The second-order valence-electron chi connectivity index (χ2n) is 4.40. The lowest BCUT2D eigenvalue weighted by Crippen LogP contribution is -1.82. The summed E-state index contributed by atoms with van der Waals surface area (Å²) in [7, 11) is 0. The molecule has 0 aliphatic rings. The number of hydrogen-bond acceptors (Lipinski definition) is 4. The molecule has 3 heterocycles. The van der Waals surface area contributed by atoms with Gasteiger partial charge in [0.25, 0.3) is 5.89 Å². The third-order valence-electron chi connectivity index (χ3n) is 3.19. The minimum atomic E-state index is 0.516. The highest BCUT2D eigenvalue weighted by Crippen LogP contribution is 2.28. The van der Waals surface area contributed by atoms with Gasteiger partial charge in [-0.05, 0) is 30.3 Å². The first-order valence-corrected chi connectivity index (χ1v) is 6.22. The summed E-state index contributed by atoms with van der Waals surface area (Å²) in [5.41, 5.74) is 2.86. The predicted molar refractivity (Wildman–Crippen MR) is 74.8 cm³/mol. The van der Waals surface area contributed by atoms with E-state index >= 15 is 0 Å². The van der Waals surface area contributed by atoms with Crippen molar-refractivity contribution in [1.82, 2.24) is 20.1 Å². The van der Waals surface area contributed by atoms with E-state index in [0.717, 1.165) is 22.0 Å². The molecule has 0 aliphatic heterocycles. The number of H-pyrrole nitrogens is 1. The van der Waals surface area contributed by atoms with E-state index in [-0.39, 0.29) is 0 Å². The minimum absolute atomic E-state index is 0.516. The van der Waals surface area contributed by atoms with Crippen LogP contribution in [-0.2, 0) is 0 Å². The van der Waals surface area contributed by atoms with E-state index in [1.165, 1.54) is 0 Å². The van der Waals surface area contributed by atoms with Gasteiger partial charge in [-0.2, -0.15) is 4.98 Å². The van der Waals surface area contributed by atoms with Crippen molar-refractivity contribution in [2.24, 2.45) is 0 Å². The van der Waals surface area contributed by atoms with Crippen molar-refractivity contribution in [3.63, 3.8) is 0 Å². The summed E-state index contributed by atoms with van der Waals surface area (Å²) in [6.45, 7) is 0. The van der Waals surface area contributed by atoms with Crippen LogP contribution in [-0.4, -0.2) is 20.1 Å². The first-order chi connectivity index (χ1) is 9.92. The Labute approximate surface area is 114 Å². The second kappa shape index (κ2) is 4.31. The van der Waals surface area contributed by atoms with E-state index < -0.39 is 0 Å². The van der Waals surface area contributed by atoms with Gasteiger partial charge in [0.2, 0.25) is 5.82 Å². The summed E-state index contributed by atoms with van der Waals surface area (Å²) in [6.07, 6.45) is 5.31. The van der Waals surface area contributed by atoms with Gasteiger partial charge in [0.05, 0.1) is 0 Å². The van der Waals surface area contributed by atoms with Gasteiger partial charge >= 0.3 is 0 Å². The summed E-state index contributed by atoms with van der Waals surface area (Å²) in [5.74, 6) is 1.08. The molecule has 4 rings (SSSR count). The maximum Gasteiger partial charge on any atom is 0.258 e. The van der Waals surface area contributed by atoms with Gasteiger partial charge in [0.1, 0.15) is 0 Å². The Morgan fingerprint density at radius 1 is 1.00 bits per heavy atom. The highest BCUT2D eigenvalue weighted by molar-refractivity contribution is 5.93. The molecule has 0 bridgehead atoms. The number of nitrogens with zero attached hydrogens (tertiary/aromatic N) is 3. The van der Waals surface area contributed by atoms with Crippen molar-refractivity contribution in [1.29, 1.82) is 0 Å². The van der Waals surface area contributed by atoms with Crippen LogP contribution >= 0.6 is 0 Å². The molecule has 0 amide bonds. The summed E-state index contributed by atoms with van der Waals surface area (Å²) >= 11 is 0. The topological polar surface area (TPSA) is 67.6 Å². The zero-order valence-electron chi connectivity index (χ0n) is 10.4. The van der Waals surface area contributed by atoms with E-state index in [4.69, 9.17) is 4.52 Å². The molecule has 5 heteroatoms. The number of fused-ring (bicyclic) bond motifs is 1. The van der Waals surface area contributed by atoms with Crippen molar-refractivity contribution < 1.29 is 4.52 Å². The zero-order valence-corrected chi connectivity index (χ0v) is 10.4. The fraction of sp³-hybridized carbons (Fsp3) is 0. The maximum atomic E-state index is 5.39. The standard InChI is InChI=1S/C15H10N4O/c1-2-12(11-6-9-17-13(11)3-1)15-18-14(19-20-15)10-4-7-16-8-5-10/h1-9,17H. The normalized spacial score (nSPS) is 11.0. The van der Waals surface area contributed by atoms with E-state index in [9.17, 15) is 0 Å². The van der Waals surface area contributed by atoms with Crippen LogP contribution in [0.2, 0.25) is 0 Å². The van der Waals surface area contributed by atoms with Crippen molar-refractivity contribution in [3.8, 4) is 22.8 Å². The van der Waals surface area contributed by atoms with Crippen LogP contribution in [0.5, 0.6) is 0 Å². The lowest BCUT2D eigenvalue weighted by atomic mass is 10.1. The molecule has 20 heavy (non-hydrogen) atoms. The fourth-order valence-electron chi connectivity index (χ4n) is 2.22. The number of rotatable bonds is 2. The highest BCUT2D eigenvalue weighted by atomic mass is 16.5. The first-order valence-electron chi connectivity index (χ1n) is 6.22. The minimum Gasteiger partial charge on any atom is -0.361 e. The molecular formula is C15H10N4O. The molecule has 0 unspecified atom stereocenters. The lowest BCUT2D eigenvalue weighted by Gasteiger charge is -1.96. The molecule has 4 aromatic rings. The van der Waals surface area contributed by atoms with Crippen LogP contribution in [0.25, 0.3) is 33.7 Å². The Balaban J connectivity index is 1.84. The molecule has 3 aromatic heterocycles. The summed E-state index contributed by atoms with van der Waals surface area (Å²) in [6, 6.07) is 11.7. The average Bonchev–Trinajstić information content (AvgIpc) is 3.17. The van der Waals surface area contributed by atoms with E-state index in [2.05, 4.69) is 20.1 Å². The number of nitrogens with one attached hydrogen (secondary N) is 1. The first kappa shape index (κ1) is 10.9. The van der Waals surface area contributed by atoms with Crippen LogP contribution in [0.1, 0.15) is 0 Å². The van der Waals surface area contributed by atoms with Crippen molar-refractivity contribution in [3.05, 3.63) is 55.0 Å². The summed E-state index contributed by atoms with van der Waals surface area (Å²) < 4.78 is 5.39. The van der Waals surface area contributed by atoms with Crippen LogP contribution < -0.4 is 0 Å².